The maximum Gasteiger partial charge on any atom is 0.161 e. The molecule has 1 aromatic carbocycles. The minimum Gasteiger partial charge on any atom is -0.504 e. The van der Waals surface area contributed by atoms with Gasteiger partial charge in [0, 0.05) is 6.04 Å². The SMILES string of the molecule is CCC(N)C/C=C/c1ccc(O)c(OC)c1. The average Bonchev–Trinajstić information content (AvgIpc) is 2.31. The predicted octanol–water partition coefficient (Wildman–Crippen LogP) is 2.54. The van der Waals surface area contributed by atoms with Gasteiger partial charge in [0.05, 0.1) is 7.11 Å². The summed E-state index contributed by atoms with van der Waals surface area (Å²) in [6, 6.07) is 5.48. The Balaban J connectivity index is 2.67. The Bertz CT molecular complexity index is 361. The minimum atomic E-state index is 0.157. The number of ether oxygens (including phenoxy) is 1. The number of nitrogens with two attached hydrogens (primary N) is 1. The van der Waals surface area contributed by atoms with Crippen LogP contribution in [0.25, 0.3) is 6.08 Å². The number of phenols is 1. The van der Waals surface area contributed by atoms with Crippen molar-refractivity contribution in [3.05, 3.63) is 29.8 Å². The van der Waals surface area contributed by atoms with E-state index in [0.717, 1.165) is 18.4 Å². The van der Waals surface area contributed by atoms with E-state index < -0.39 is 0 Å². The normalized spacial score (nSPS) is 12.9. The molecule has 3 heteroatoms. The summed E-state index contributed by atoms with van der Waals surface area (Å²) >= 11 is 0. The van der Waals surface area contributed by atoms with Crippen LogP contribution in [-0.4, -0.2) is 18.3 Å². The van der Waals surface area contributed by atoms with E-state index in [1.807, 2.05) is 18.2 Å². The number of methoxy groups -OCH3 is 1. The van der Waals surface area contributed by atoms with Crippen LogP contribution in [0, 0.1) is 0 Å². The van der Waals surface area contributed by atoms with Crippen molar-refractivity contribution in [3.8, 4) is 11.5 Å². The second-order valence-electron chi connectivity index (χ2n) is 3.74. The highest BCUT2D eigenvalue weighted by atomic mass is 16.5. The van der Waals surface area contributed by atoms with E-state index >= 15 is 0 Å². The second kappa shape index (κ2) is 6.18. The van der Waals surface area contributed by atoms with Crippen molar-refractivity contribution in [2.45, 2.75) is 25.8 Å². The third-order valence-corrected chi connectivity index (χ3v) is 2.48. The van der Waals surface area contributed by atoms with Crippen molar-refractivity contribution in [2.75, 3.05) is 7.11 Å². The molecule has 0 amide bonds. The van der Waals surface area contributed by atoms with Crippen LogP contribution in [0.1, 0.15) is 25.3 Å². The number of hydrogen-bond donors (Lipinski definition) is 2. The lowest BCUT2D eigenvalue weighted by Crippen LogP contribution is -2.16. The number of phenolic OH excluding ortho intramolecular Hbond substituents is 1. The van der Waals surface area contributed by atoms with Gasteiger partial charge >= 0.3 is 0 Å². The number of hydrogen-bond acceptors (Lipinski definition) is 3. The summed E-state index contributed by atoms with van der Waals surface area (Å²) in [5.74, 6) is 0.645. The summed E-state index contributed by atoms with van der Waals surface area (Å²) in [5, 5.41) is 9.42. The molecule has 1 rings (SSSR count). The van der Waals surface area contributed by atoms with Gasteiger partial charge in [0.15, 0.2) is 11.5 Å². The van der Waals surface area contributed by atoms with E-state index in [2.05, 4.69) is 6.92 Å². The summed E-state index contributed by atoms with van der Waals surface area (Å²) < 4.78 is 5.03. The van der Waals surface area contributed by atoms with E-state index in [1.165, 1.54) is 7.11 Å². The van der Waals surface area contributed by atoms with Crippen molar-refractivity contribution in [2.24, 2.45) is 5.73 Å². The highest BCUT2D eigenvalue weighted by molar-refractivity contribution is 5.55. The minimum absolute atomic E-state index is 0.157. The summed E-state index contributed by atoms with van der Waals surface area (Å²) in [6.45, 7) is 2.07. The molecule has 0 fully saturated rings. The molecule has 1 unspecified atom stereocenters. The molecule has 16 heavy (non-hydrogen) atoms. The molecule has 3 N–H and O–H groups in total. The molecule has 0 heterocycles. The van der Waals surface area contributed by atoms with Gasteiger partial charge in [-0.1, -0.05) is 25.1 Å². The first-order valence-corrected chi connectivity index (χ1v) is 5.46. The van der Waals surface area contributed by atoms with Gasteiger partial charge in [0.25, 0.3) is 0 Å². The monoisotopic (exact) mass is 221 g/mol. The first-order chi connectivity index (χ1) is 7.67. The summed E-state index contributed by atoms with van der Waals surface area (Å²) in [4.78, 5) is 0. The quantitative estimate of drug-likeness (QED) is 0.803. The molecule has 3 nitrogen and oxygen atoms in total. The third-order valence-electron chi connectivity index (χ3n) is 2.48. The highest BCUT2D eigenvalue weighted by Gasteiger charge is 2.00. The zero-order valence-electron chi connectivity index (χ0n) is 9.81. The number of benzene rings is 1. The number of rotatable bonds is 5. The zero-order chi connectivity index (χ0) is 12.0. The summed E-state index contributed by atoms with van der Waals surface area (Å²) in [5.41, 5.74) is 6.80. The molecule has 0 bridgehead atoms. The molecule has 0 aliphatic carbocycles. The van der Waals surface area contributed by atoms with Gasteiger partial charge in [0.1, 0.15) is 0 Å². The molecule has 0 radical (unpaired) electrons. The fourth-order valence-electron chi connectivity index (χ4n) is 1.34. The molecule has 1 atom stereocenters. The van der Waals surface area contributed by atoms with Crippen molar-refractivity contribution in [3.63, 3.8) is 0 Å². The van der Waals surface area contributed by atoms with Crippen LogP contribution < -0.4 is 10.5 Å². The van der Waals surface area contributed by atoms with E-state index in [1.54, 1.807) is 12.1 Å². The van der Waals surface area contributed by atoms with Gasteiger partial charge in [-0.15, -0.1) is 0 Å². The van der Waals surface area contributed by atoms with Gasteiger partial charge in [-0.3, -0.25) is 0 Å². The maximum absolute atomic E-state index is 9.42. The van der Waals surface area contributed by atoms with Crippen LogP contribution in [0.5, 0.6) is 11.5 Å². The highest BCUT2D eigenvalue weighted by Crippen LogP contribution is 2.26. The summed E-state index contributed by atoms with van der Waals surface area (Å²) in [7, 11) is 1.54. The molecule has 0 saturated heterocycles. The summed E-state index contributed by atoms with van der Waals surface area (Å²) in [6.07, 6.45) is 5.86. The smallest absolute Gasteiger partial charge is 0.161 e. The van der Waals surface area contributed by atoms with Crippen molar-refractivity contribution in [1.82, 2.24) is 0 Å². The van der Waals surface area contributed by atoms with Crippen LogP contribution in [0.15, 0.2) is 24.3 Å². The van der Waals surface area contributed by atoms with Crippen LogP contribution >= 0.6 is 0 Å². The molecule has 0 aliphatic rings. The van der Waals surface area contributed by atoms with Crippen LogP contribution in [0.4, 0.5) is 0 Å². The van der Waals surface area contributed by atoms with Crippen molar-refractivity contribution >= 4 is 6.08 Å². The van der Waals surface area contributed by atoms with Gasteiger partial charge in [-0.25, -0.2) is 0 Å². The van der Waals surface area contributed by atoms with Crippen LogP contribution in [-0.2, 0) is 0 Å². The lowest BCUT2D eigenvalue weighted by atomic mass is 10.1. The molecule has 0 saturated carbocycles. The van der Waals surface area contributed by atoms with E-state index in [-0.39, 0.29) is 11.8 Å². The Morgan fingerprint density at radius 3 is 2.88 bits per heavy atom. The topological polar surface area (TPSA) is 55.5 Å². The Morgan fingerprint density at radius 1 is 1.50 bits per heavy atom. The molecule has 88 valence electrons. The first-order valence-electron chi connectivity index (χ1n) is 5.46. The lowest BCUT2D eigenvalue weighted by Gasteiger charge is -2.05. The lowest BCUT2D eigenvalue weighted by molar-refractivity contribution is 0.373. The first kappa shape index (κ1) is 12.6. The van der Waals surface area contributed by atoms with Crippen LogP contribution in [0.2, 0.25) is 0 Å². The van der Waals surface area contributed by atoms with Gasteiger partial charge in [-0.2, -0.15) is 0 Å². The Kier molecular flexibility index (Phi) is 4.86. The van der Waals surface area contributed by atoms with Gasteiger partial charge < -0.3 is 15.6 Å². The maximum atomic E-state index is 9.42. The zero-order valence-corrected chi connectivity index (χ0v) is 9.81. The number of aromatic hydroxyl groups is 1. The second-order valence-corrected chi connectivity index (χ2v) is 3.74. The van der Waals surface area contributed by atoms with Crippen molar-refractivity contribution in [1.29, 1.82) is 0 Å². The molecular formula is C13H19NO2. The molecule has 1 aromatic rings. The van der Waals surface area contributed by atoms with Gasteiger partial charge in [-0.05, 0) is 30.5 Å². The van der Waals surface area contributed by atoms with E-state index in [0.29, 0.717) is 5.75 Å². The molecular weight excluding hydrogens is 202 g/mol. The van der Waals surface area contributed by atoms with Gasteiger partial charge in [0.2, 0.25) is 0 Å². The Morgan fingerprint density at radius 2 is 2.25 bits per heavy atom. The standard InChI is InChI=1S/C13H19NO2/c1-3-11(14)6-4-5-10-7-8-12(15)13(9-10)16-2/h4-5,7-9,11,15H,3,6,14H2,1-2H3/b5-4+. The van der Waals surface area contributed by atoms with E-state index in [9.17, 15) is 5.11 Å². The largest absolute Gasteiger partial charge is 0.504 e. The van der Waals surface area contributed by atoms with E-state index in [4.69, 9.17) is 10.5 Å². The molecule has 0 aliphatic heterocycles. The van der Waals surface area contributed by atoms with Crippen LogP contribution in [0.3, 0.4) is 0 Å². The Labute approximate surface area is 96.5 Å². The fraction of sp³-hybridized carbons (Fsp3) is 0.385. The molecule has 0 spiro atoms. The van der Waals surface area contributed by atoms with Crippen molar-refractivity contribution < 1.29 is 9.84 Å². The fourth-order valence-corrected chi connectivity index (χ4v) is 1.34. The predicted molar refractivity (Wildman–Crippen MR) is 66.6 cm³/mol. The Hall–Kier alpha value is -1.48. The third kappa shape index (κ3) is 3.59. The average molecular weight is 221 g/mol. The molecule has 0 aromatic heterocycles.